The molecule has 0 aliphatic rings. The highest BCUT2D eigenvalue weighted by atomic mass is 19.2. The SMILES string of the molecule is CCCCCCCc1ccc2c(F)c(C#Cc3ccc(F)c(F)c3)ccc2c1. The number of fused-ring (bicyclic) bond motifs is 1. The Bertz CT molecular complexity index is 1030. The summed E-state index contributed by atoms with van der Waals surface area (Å²) < 4.78 is 41.0. The van der Waals surface area contributed by atoms with Crippen molar-refractivity contribution in [3.05, 3.63) is 82.7 Å². The van der Waals surface area contributed by atoms with Crippen molar-refractivity contribution in [2.24, 2.45) is 0 Å². The Labute approximate surface area is 164 Å². The maximum absolute atomic E-state index is 14.8. The normalized spacial score (nSPS) is 10.7. The topological polar surface area (TPSA) is 0 Å². The summed E-state index contributed by atoms with van der Waals surface area (Å²) in [5.74, 6) is 3.14. The lowest BCUT2D eigenvalue weighted by atomic mass is 10.00. The Morgan fingerprint density at radius 3 is 2.36 bits per heavy atom. The average Bonchev–Trinajstić information content (AvgIpc) is 2.70. The number of unbranched alkanes of at least 4 members (excludes halogenated alkanes) is 4. The van der Waals surface area contributed by atoms with E-state index in [9.17, 15) is 13.2 Å². The van der Waals surface area contributed by atoms with Crippen molar-refractivity contribution in [3.63, 3.8) is 0 Å². The summed E-state index contributed by atoms with van der Waals surface area (Å²) in [6.07, 6.45) is 7.13. The molecule has 144 valence electrons. The molecule has 0 saturated heterocycles. The minimum atomic E-state index is -0.965. The van der Waals surface area contributed by atoms with Crippen molar-refractivity contribution in [1.82, 2.24) is 0 Å². The van der Waals surface area contributed by atoms with Crippen molar-refractivity contribution in [3.8, 4) is 11.8 Å². The van der Waals surface area contributed by atoms with Crippen molar-refractivity contribution in [2.45, 2.75) is 45.4 Å². The van der Waals surface area contributed by atoms with E-state index in [0.29, 0.717) is 10.9 Å². The van der Waals surface area contributed by atoms with Gasteiger partial charge in [-0.05, 0) is 48.1 Å². The van der Waals surface area contributed by atoms with Crippen molar-refractivity contribution < 1.29 is 13.2 Å². The van der Waals surface area contributed by atoms with Gasteiger partial charge in [0.05, 0.1) is 5.56 Å². The fraction of sp³-hybridized carbons (Fsp3) is 0.280. The fourth-order valence-electron chi connectivity index (χ4n) is 3.24. The number of rotatable bonds is 6. The lowest BCUT2D eigenvalue weighted by molar-refractivity contribution is 0.508. The molecule has 0 radical (unpaired) electrons. The molecule has 3 rings (SSSR count). The van der Waals surface area contributed by atoms with E-state index in [2.05, 4.69) is 18.8 Å². The van der Waals surface area contributed by atoms with E-state index in [-0.39, 0.29) is 11.4 Å². The van der Waals surface area contributed by atoms with Crippen LogP contribution in [0.1, 0.15) is 55.7 Å². The van der Waals surface area contributed by atoms with Crippen LogP contribution in [0, 0.1) is 29.3 Å². The Balaban J connectivity index is 1.77. The Kier molecular flexibility index (Phi) is 6.76. The molecule has 3 aromatic carbocycles. The zero-order valence-corrected chi connectivity index (χ0v) is 16.0. The highest BCUT2D eigenvalue weighted by molar-refractivity contribution is 5.85. The van der Waals surface area contributed by atoms with E-state index in [4.69, 9.17) is 0 Å². The molecule has 0 unspecified atom stereocenters. The third kappa shape index (κ3) is 4.95. The summed E-state index contributed by atoms with van der Waals surface area (Å²) in [4.78, 5) is 0. The van der Waals surface area contributed by atoms with Gasteiger partial charge in [0.25, 0.3) is 0 Å². The summed E-state index contributed by atoms with van der Waals surface area (Å²) in [6.45, 7) is 2.20. The molecule has 0 heterocycles. The quantitative estimate of drug-likeness (QED) is 0.314. The van der Waals surface area contributed by atoms with Gasteiger partial charge in [0, 0.05) is 10.9 Å². The smallest absolute Gasteiger partial charge is 0.160 e. The minimum Gasteiger partial charge on any atom is -0.205 e. The van der Waals surface area contributed by atoms with E-state index in [1.807, 2.05) is 18.2 Å². The first kappa shape index (κ1) is 20.0. The maximum atomic E-state index is 14.8. The van der Waals surface area contributed by atoms with Gasteiger partial charge in [-0.2, -0.15) is 0 Å². The second kappa shape index (κ2) is 9.46. The van der Waals surface area contributed by atoms with E-state index < -0.39 is 11.6 Å². The van der Waals surface area contributed by atoms with Gasteiger partial charge in [0.15, 0.2) is 11.6 Å². The number of hydrogen-bond donors (Lipinski definition) is 0. The van der Waals surface area contributed by atoms with Gasteiger partial charge < -0.3 is 0 Å². The third-order valence-electron chi connectivity index (χ3n) is 4.85. The van der Waals surface area contributed by atoms with E-state index >= 15 is 0 Å². The third-order valence-corrected chi connectivity index (χ3v) is 4.85. The van der Waals surface area contributed by atoms with Crippen LogP contribution >= 0.6 is 0 Å². The summed E-state index contributed by atoms with van der Waals surface area (Å²) >= 11 is 0. The van der Waals surface area contributed by atoms with Crippen LogP contribution in [0.25, 0.3) is 10.8 Å². The zero-order valence-electron chi connectivity index (χ0n) is 16.0. The number of halogens is 3. The minimum absolute atomic E-state index is 0.240. The van der Waals surface area contributed by atoms with Crippen molar-refractivity contribution in [2.75, 3.05) is 0 Å². The lowest BCUT2D eigenvalue weighted by Gasteiger charge is -2.06. The van der Waals surface area contributed by atoms with Gasteiger partial charge in [-0.25, -0.2) is 13.2 Å². The van der Waals surface area contributed by atoms with Crippen molar-refractivity contribution in [1.29, 1.82) is 0 Å². The average molecular weight is 380 g/mol. The first-order valence-electron chi connectivity index (χ1n) is 9.76. The molecule has 0 N–H and O–H groups in total. The molecule has 0 aromatic heterocycles. The van der Waals surface area contributed by atoms with Crippen LogP contribution in [0.2, 0.25) is 0 Å². The summed E-state index contributed by atoms with van der Waals surface area (Å²) in [7, 11) is 0. The second-order valence-electron chi connectivity index (χ2n) is 7.03. The second-order valence-corrected chi connectivity index (χ2v) is 7.03. The van der Waals surface area contributed by atoms with E-state index in [1.54, 1.807) is 12.1 Å². The highest BCUT2D eigenvalue weighted by Crippen LogP contribution is 2.23. The highest BCUT2D eigenvalue weighted by Gasteiger charge is 2.07. The number of hydrogen-bond acceptors (Lipinski definition) is 0. The lowest BCUT2D eigenvalue weighted by Crippen LogP contribution is -1.90. The first-order chi connectivity index (χ1) is 13.6. The monoisotopic (exact) mass is 380 g/mol. The Morgan fingerprint density at radius 1 is 0.750 bits per heavy atom. The predicted octanol–water partition coefficient (Wildman–Crippen LogP) is 7.17. The maximum Gasteiger partial charge on any atom is 0.160 e. The Morgan fingerprint density at radius 2 is 1.57 bits per heavy atom. The molecular formula is C25H23F3. The molecule has 0 bridgehead atoms. The van der Waals surface area contributed by atoms with Gasteiger partial charge >= 0.3 is 0 Å². The van der Waals surface area contributed by atoms with Crippen LogP contribution < -0.4 is 0 Å². The molecule has 0 atom stereocenters. The first-order valence-corrected chi connectivity index (χ1v) is 9.76. The van der Waals surface area contributed by atoms with Crippen molar-refractivity contribution >= 4 is 10.8 Å². The number of aryl methyl sites for hydroxylation is 1. The number of benzene rings is 3. The molecule has 0 aliphatic heterocycles. The molecular weight excluding hydrogens is 357 g/mol. The van der Waals surface area contributed by atoms with Gasteiger partial charge in [-0.1, -0.05) is 68.7 Å². The van der Waals surface area contributed by atoms with E-state index in [1.165, 1.54) is 37.3 Å². The molecule has 0 spiro atoms. The molecule has 0 nitrogen and oxygen atoms in total. The summed E-state index contributed by atoms with van der Waals surface area (Å²) in [5, 5.41) is 1.37. The van der Waals surface area contributed by atoms with Gasteiger partial charge in [-0.3, -0.25) is 0 Å². The molecule has 0 amide bonds. The van der Waals surface area contributed by atoms with Crippen LogP contribution in [0.5, 0.6) is 0 Å². The van der Waals surface area contributed by atoms with Crippen LogP contribution in [0.3, 0.4) is 0 Å². The molecule has 0 fully saturated rings. The largest absolute Gasteiger partial charge is 0.205 e. The molecule has 0 aliphatic carbocycles. The molecule has 3 aromatic rings. The van der Waals surface area contributed by atoms with Crippen LogP contribution in [0.4, 0.5) is 13.2 Å². The summed E-state index contributed by atoms with van der Waals surface area (Å²) in [6, 6.07) is 12.7. The molecule has 28 heavy (non-hydrogen) atoms. The molecule has 3 heteroatoms. The molecule has 0 saturated carbocycles. The zero-order chi connectivity index (χ0) is 19.9. The Hall–Kier alpha value is -2.73. The predicted molar refractivity (Wildman–Crippen MR) is 109 cm³/mol. The summed E-state index contributed by atoms with van der Waals surface area (Å²) in [5.41, 5.74) is 1.75. The van der Waals surface area contributed by atoms with E-state index in [0.717, 1.165) is 30.4 Å². The van der Waals surface area contributed by atoms with Gasteiger partial charge in [0.1, 0.15) is 5.82 Å². The fourth-order valence-corrected chi connectivity index (χ4v) is 3.24. The van der Waals surface area contributed by atoms with Crippen LogP contribution in [-0.4, -0.2) is 0 Å². The van der Waals surface area contributed by atoms with Gasteiger partial charge in [0.2, 0.25) is 0 Å². The van der Waals surface area contributed by atoms with Crippen LogP contribution in [0.15, 0.2) is 48.5 Å². The van der Waals surface area contributed by atoms with Crippen LogP contribution in [-0.2, 0) is 6.42 Å². The van der Waals surface area contributed by atoms with Gasteiger partial charge in [-0.15, -0.1) is 0 Å². The standard InChI is InChI=1S/C25H23F3/c1-2-3-4-5-6-7-18-9-14-22-21(16-18)13-12-20(25(22)28)11-8-19-10-15-23(26)24(27)17-19/h9-10,12-17H,2-7H2,1H3.